The maximum atomic E-state index is 13.6. The number of methoxy groups -OCH3 is 1. The summed E-state index contributed by atoms with van der Waals surface area (Å²) in [6.07, 6.45) is -4.25. The lowest BCUT2D eigenvalue weighted by atomic mass is 9.90. The van der Waals surface area contributed by atoms with E-state index in [9.17, 15) is 37.1 Å². The number of hydrogen-bond acceptors (Lipinski definition) is 9. The van der Waals surface area contributed by atoms with E-state index in [2.05, 4.69) is 27.5 Å². The monoisotopic (exact) mass is 784 g/mol. The number of hydrogen-bond donors (Lipinski definition) is 5. The number of nitrogens with one attached hydrogen (secondary N) is 2. The number of ether oxygens (including phenoxy) is 2. The largest absolute Gasteiger partial charge is 0.490 e. The number of benzene rings is 3. The number of carboxylic acid groups (broad SMARTS) is 1. The molecule has 3 amide bonds. The van der Waals surface area contributed by atoms with Crippen molar-refractivity contribution in [3.63, 3.8) is 0 Å². The van der Waals surface area contributed by atoms with Gasteiger partial charge in [-0.25, -0.2) is 9.59 Å². The van der Waals surface area contributed by atoms with Gasteiger partial charge in [-0.05, 0) is 58.6 Å². The zero-order valence-electron chi connectivity index (χ0n) is 31.3. The molecule has 7 N–H and O–H groups in total. The molecule has 0 saturated heterocycles. The molecule has 0 unspecified atom stereocenters. The zero-order valence-corrected chi connectivity index (χ0v) is 31.3. The minimum atomic E-state index is -5.08. The van der Waals surface area contributed by atoms with Gasteiger partial charge in [0, 0.05) is 18.9 Å². The first kappa shape index (κ1) is 44.6. The van der Waals surface area contributed by atoms with Gasteiger partial charge < -0.3 is 36.7 Å². The minimum absolute atomic E-state index is 0.0379. The topological polar surface area (TPSA) is 217 Å². The third-order valence-electron chi connectivity index (χ3n) is 9.18. The van der Waals surface area contributed by atoms with Crippen LogP contribution in [0.25, 0.3) is 11.1 Å². The van der Waals surface area contributed by atoms with Crippen molar-refractivity contribution in [2.24, 2.45) is 23.3 Å². The normalized spacial score (nSPS) is 13.5. The molecule has 56 heavy (non-hydrogen) atoms. The summed E-state index contributed by atoms with van der Waals surface area (Å²) in [5.41, 5.74) is 17.0. The molecule has 13 nitrogen and oxygen atoms in total. The summed E-state index contributed by atoms with van der Waals surface area (Å²) >= 11 is 0. The van der Waals surface area contributed by atoms with Crippen molar-refractivity contribution in [3.05, 3.63) is 95.1 Å². The predicted octanol–water partition coefficient (Wildman–Crippen LogP) is 4.43. The number of carboxylic acids is 1. The van der Waals surface area contributed by atoms with Crippen molar-refractivity contribution in [3.8, 4) is 11.1 Å². The van der Waals surface area contributed by atoms with Gasteiger partial charge in [0.05, 0.1) is 25.5 Å². The first-order chi connectivity index (χ1) is 26.4. The number of rotatable bonds is 17. The summed E-state index contributed by atoms with van der Waals surface area (Å²) in [5, 5.41) is 12.5. The second kappa shape index (κ2) is 20.8. The molecule has 0 aromatic heterocycles. The van der Waals surface area contributed by atoms with Gasteiger partial charge in [-0.15, -0.1) is 0 Å². The van der Waals surface area contributed by atoms with E-state index in [0.717, 1.165) is 27.8 Å². The fourth-order valence-electron chi connectivity index (χ4n) is 6.20. The lowest BCUT2D eigenvalue weighted by molar-refractivity contribution is -0.192. The Kier molecular flexibility index (Phi) is 16.6. The van der Waals surface area contributed by atoms with Gasteiger partial charge in [-0.3, -0.25) is 19.2 Å². The van der Waals surface area contributed by atoms with E-state index < -0.39 is 54.0 Å². The Hall–Kier alpha value is -5.77. The Labute approximate surface area is 322 Å². The van der Waals surface area contributed by atoms with Crippen LogP contribution >= 0.6 is 0 Å². The minimum Gasteiger partial charge on any atom is -0.475 e. The highest BCUT2D eigenvalue weighted by Crippen LogP contribution is 2.44. The number of carbonyl (C=O) groups excluding carboxylic acids is 5. The number of amides is 3. The molecular weight excluding hydrogens is 737 g/mol. The van der Waals surface area contributed by atoms with Crippen LogP contribution in [0.5, 0.6) is 0 Å². The quantitative estimate of drug-likeness (QED) is 0.0959. The summed E-state index contributed by atoms with van der Waals surface area (Å²) < 4.78 is 42.2. The van der Waals surface area contributed by atoms with Crippen LogP contribution in [0, 0.1) is 11.8 Å². The molecule has 3 aromatic rings. The van der Waals surface area contributed by atoms with Crippen LogP contribution in [0.1, 0.15) is 61.3 Å². The van der Waals surface area contributed by atoms with Crippen molar-refractivity contribution in [2.75, 3.05) is 20.3 Å². The summed E-state index contributed by atoms with van der Waals surface area (Å²) in [7, 11) is 1.28. The van der Waals surface area contributed by atoms with Crippen LogP contribution < -0.4 is 22.1 Å². The zero-order chi connectivity index (χ0) is 41.6. The summed E-state index contributed by atoms with van der Waals surface area (Å²) in [6.45, 7) is 4.09. The van der Waals surface area contributed by atoms with E-state index in [-0.39, 0.29) is 56.5 Å². The number of aliphatic carboxylic acids is 1. The number of urea groups is 1. The lowest BCUT2D eigenvalue weighted by Gasteiger charge is -2.24. The third kappa shape index (κ3) is 13.2. The maximum absolute atomic E-state index is 13.6. The molecule has 3 atom stereocenters. The number of ketones is 1. The number of primary amides is 1. The van der Waals surface area contributed by atoms with E-state index in [0.29, 0.717) is 12.0 Å². The van der Waals surface area contributed by atoms with Crippen molar-refractivity contribution in [1.29, 1.82) is 0 Å². The van der Waals surface area contributed by atoms with Gasteiger partial charge in [0.15, 0.2) is 5.78 Å². The Morgan fingerprint density at radius 3 is 1.91 bits per heavy atom. The van der Waals surface area contributed by atoms with Gasteiger partial charge >= 0.3 is 30.1 Å². The van der Waals surface area contributed by atoms with Crippen LogP contribution in [0.2, 0.25) is 0 Å². The second-order valence-corrected chi connectivity index (χ2v) is 13.6. The van der Waals surface area contributed by atoms with Crippen LogP contribution in [-0.2, 0) is 46.3 Å². The van der Waals surface area contributed by atoms with E-state index in [4.69, 9.17) is 26.1 Å². The van der Waals surface area contributed by atoms with Crippen LogP contribution in [0.4, 0.5) is 18.0 Å². The van der Waals surface area contributed by atoms with Gasteiger partial charge in [0.2, 0.25) is 5.91 Å². The van der Waals surface area contributed by atoms with Gasteiger partial charge in [-0.2, -0.15) is 13.2 Å². The van der Waals surface area contributed by atoms with Crippen LogP contribution in [0.3, 0.4) is 0 Å². The van der Waals surface area contributed by atoms with Crippen molar-refractivity contribution in [2.45, 2.75) is 70.1 Å². The average Bonchev–Trinajstić information content (AvgIpc) is 3.47. The molecule has 0 radical (unpaired) electrons. The summed E-state index contributed by atoms with van der Waals surface area (Å²) in [5.74, 6) is -5.44. The number of alkyl halides is 3. The van der Waals surface area contributed by atoms with Crippen molar-refractivity contribution < 1.29 is 56.5 Å². The van der Waals surface area contributed by atoms with Crippen molar-refractivity contribution >= 4 is 35.6 Å². The number of Topliss-reactive ketones (excluding diaryl/α,β-unsaturated/α-hetero) is 1. The standard InChI is InChI=1S/C38H46N4O7.C2HF3O2/c1-23(2)30(21-35(44)49-22-31-28-11-6-4-9-26(28)27-10-5-7-12-29(27)31)36(45)42-33(13-8-18-41-38(40)47)34(43)20-25-16-14-24(15-17-25)19-32(39)37(46)48-3;3-2(4,5)1(6)7/h4-7,9-12,14-17,23,30-33H,8,13,18-22,39H2,1-3H3,(H,42,45)(H3,40,41,47);(H,6,7)/t30-,32-,33-;/m0./s1. The molecular formula is C40H47F3N4O9. The van der Waals surface area contributed by atoms with Gasteiger partial charge in [0.25, 0.3) is 0 Å². The molecule has 16 heteroatoms. The first-order valence-corrected chi connectivity index (χ1v) is 17.8. The molecule has 0 fully saturated rings. The molecule has 0 bridgehead atoms. The van der Waals surface area contributed by atoms with E-state index >= 15 is 0 Å². The lowest BCUT2D eigenvalue weighted by Crippen LogP contribution is -2.46. The fraction of sp³-hybridized carbons (Fsp3) is 0.400. The average molecular weight is 785 g/mol. The van der Waals surface area contributed by atoms with Gasteiger partial charge in [0.1, 0.15) is 12.6 Å². The molecule has 302 valence electrons. The highest BCUT2D eigenvalue weighted by atomic mass is 19.4. The molecule has 0 saturated carbocycles. The number of nitrogens with two attached hydrogens (primary N) is 2. The Morgan fingerprint density at radius 1 is 0.875 bits per heavy atom. The summed E-state index contributed by atoms with van der Waals surface area (Å²) in [4.78, 5) is 72.1. The SMILES string of the molecule is COC(=O)[C@@H](N)Cc1ccc(CC(=O)[C@H](CCCNC(N)=O)NC(=O)[C@@H](CC(=O)OCC2c3ccccc3-c3ccccc32)C(C)C)cc1.O=C(O)C(F)(F)F. The van der Waals surface area contributed by atoms with E-state index in [1.807, 2.05) is 50.2 Å². The molecule has 4 rings (SSSR count). The highest BCUT2D eigenvalue weighted by Gasteiger charge is 2.38. The van der Waals surface area contributed by atoms with Crippen molar-refractivity contribution in [1.82, 2.24) is 10.6 Å². The first-order valence-electron chi connectivity index (χ1n) is 17.8. The Bertz CT molecular complexity index is 1810. The molecule has 3 aromatic carbocycles. The molecule has 0 spiro atoms. The number of carbonyl (C=O) groups is 6. The van der Waals surface area contributed by atoms with E-state index in [1.54, 1.807) is 24.3 Å². The second-order valence-electron chi connectivity index (χ2n) is 13.6. The Balaban J connectivity index is 0.00000109. The molecule has 1 aliphatic rings. The van der Waals surface area contributed by atoms with Crippen LogP contribution in [-0.4, -0.2) is 79.3 Å². The smallest absolute Gasteiger partial charge is 0.475 e. The van der Waals surface area contributed by atoms with Gasteiger partial charge in [-0.1, -0.05) is 86.6 Å². The fourth-order valence-corrected chi connectivity index (χ4v) is 6.20. The van der Waals surface area contributed by atoms with Crippen LogP contribution in [0.15, 0.2) is 72.8 Å². The molecule has 1 aliphatic carbocycles. The highest BCUT2D eigenvalue weighted by molar-refractivity contribution is 5.92. The molecule has 0 aliphatic heterocycles. The Morgan fingerprint density at radius 2 is 1.41 bits per heavy atom. The number of esters is 2. The summed E-state index contributed by atoms with van der Waals surface area (Å²) in [6, 6.07) is 20.9. The predicted molar refractivity (Wildman–Crippen MR) is 199 cm³/mol. The number of fused-ring (bicyclic) bond motifs is 3. The maximum Gasteiger partial charge on any atom is 0.490 e. The third-order valence-corrected chi connectivity index (χ3v) is 9.18. The van der Waals surface area contributed by atoms with E-state index in [1.165, 1.54) is 7.11 Å². The number of halogens is 3. The molecule has 0 heterocycles.